The van der Waals surface area contributed by atoms with E-state index in [9.17, 15) is 4.79 Å². The van der Waals surface area contributed by atoms with Gasteiger partial charge in [0.15, 0.2) is 5.82 Å². The van der Waals surface area contributed by atoms with Gasteiger partial charge in [-0.3, -0.25) is 4.79 Å². The normalized spacial score (nSPS) is 10.1. The maximum Gasteiger partial charge on any atom is 0.325 e. The predicted molar refractivity (Wildman–Crippen MR) is 46.5 cm³/mol. The Morgan fingerprint density at radius 3 is 3.00 bits per heavy atom. The lowest BCUT2D eigenvalue weighted by atomic mass is 10.3. The van der Waals surface area contributed by atoms with E-state index in [4.69, 9.17) is 5.11 Å². The van der Waals surface area contributed by atoms with Gasteiger partial charge in [0.1, 0.15) is 6.54 Å². The summed E-state index contributed by atoms with van der Waals surface area (Å²) in [7, 11) is 0. The molecule has 2 aromatic heterocycles. The first-order valence-electron chi connectivity index (χ1n) is 4.02. The monoisotopic (exact) mass is 206 g/mol. The molecule has 15 heavy (non-hydrogen) atoms. The predicted octanol–water partition coefficient (Wildman–Crippen LogP) is -0.785. The van der Waals surface area contributed by atoms with Crippen molar-refractivity contribution < 1.29 is 9.90 Å². The molecular weight excluding hydrogens is 200 g/mol. The fourth-order valence-electron chi connectivity index (χ4n) is 1.07. The summed E-state index contributed by atoms with van der Waals surface area (Å²) < 4.78 is 1.18. The van der Waals surface area contributed by atoms with Crippen molar-refractivity contribution in [3.8, 4) is 11.4 Å². The van der Waals surface area contributed by atoms with Crippen molar-refractivity contribution in [2.75, 3.05) is 0 Å². The molecule has 0 amide bonds. The second-order valence-corrected chi connectivity index (χ2v) is 2.68. The average molecular weight is 206 g/mol. The number of aromatic nitrogens is 6. The molecule has 0 radical (unpaired) electrons. The Bertz CT molecular complexity index is 467. The molecule has 1 N–H and O–H groups in total. The van der Waals surface area contributed by atoms with E-state index in [0.717, 1.165) is 0 Å². The molecule has 0 spiro atoms. The van der Waals surface area contributed by atoms with E-state index in [1.54, 1.807) is 6.07 Å². The van der Waals surface area contributed by atoms with Crippen molar-refractivity contribution in [3.05, 3.63) is 18.5 Å². The molecule has 0 aliphatic heterocycles. The van der Waals surface area contributed by atoms with E-state index in [-0.39, 0.29) is 6.54 Å². The van der Waals surface area contributed by atoms with Gasteiger partial charge in [0.2, 0.25) is 0 Å². The summed E-state index contributed by atoms with van der Waals surface area (Å²) >= 11 is 0. The topological polar surface area (TPSA) is 107 Å². The fraction of sp³-hybridized carbons (Fsp3) is 0.143. The lowest BCUT2D eigenvalue weighted by Crippen LogP contribution is -2.11. The smallest absolute Gasteiger partial charge is 0.325 e. The third-order valence-corrected chi connectivity index (χ3v) is 1.66. The van der Waals surface area contributed by atoms with Crippen LogP contribution >= 0.6 is 0 Å². The van der Waals surface area contributed by atoms with Gasteiger partial charge in [-0.15, -0.1) is 5.10 Å². The minimum atomic E-state index is -1.01. The number of hydrogen-bond donors (Lipinski definition) is 1. The van der Waals surface area contributed by atoms with Gasteiger partial charge in [0.25, 0.3) is 0 Å². The summed E-state index contributed by atoms with van der Waals surface area (Å²) in [4.78, 5) is 10.5. The number of aliphatic carboxylic acids is 1. The lowest BCUT2D eigenvalue weighted by molar-refractivity contribution is -0.137. The van der Waals surface area contributed by atoms with Crippen LogP contribution in [0.3, 0.4) is 0 Å². The van der Waals surface area contributed by atoms with Crippen LogP contribution in [0.4, 0.5) is 0 Å². The molecule has 2 rings (SSSR count). The summed E-state index contributed by atoms with van der Waals surface area (Å²) in [5.74, 6) is -0.655. The third-order valence-electron chi connectivity index (χ3n) is 1.66. The fourth-order valence-corrected chi connectivity index (χ4v) is 1.07. The highest BCUT2D eigenvalue weighted by atomic mass is 16.4. The number of carboxylic acid groups (broad SMARTS) is 1. The quantitative estimate of drug-likeness (QED) is 0.701. The van der Waals surface area contributed by atoms with Crippen molar-refractivity contribution in [2.24, 2.45) is 0 Å². The molecule has 8 nitrogen and oxygen atoms in total. The minimum absolute atomic E-state index is 0.287. The van der Waals surface area contributed by atoms with Crippen LogP contribution in [-0.2, 0) is 11.3 Å². The third kappa shape index (κ3) is 1.93. The summed E-state index contributed by atoms with van der Waals surface area (Å²) in [6, 6.07) is 1.65. The Balaban J connectivity index is 2.37. The molecule has 0 saturated heterocycles. The van der Waals surface area contributed by atoms with Gasteiger partial charge in [-0.1, -0.05) is 0 Å². The number of nitrogens with zero attached hydrogens (tertiary/aromatic N) is 6. The van der Waals surface area contributed by atoms with Gasteiger partial charge >= 0.3 is 5.97 Å². The first-order chi connectivity index (χ1) is 7.27. The number of rotatable bonds is 3. The Hall–Kier alpha value is -2.38. The summed E-state index contributed by atoms with van der Waals surface area (Å²) in [5, 5.41) is 26.5. The molecule has 0 aromatic carbocycles. The molecule has 76 valence electrons. The zero-order valence-corrected chi connectivity index (χ0v) is 7.48. The van der Waals surface area contributed by atoms with Crippen LogP contribution in [0.15, 0.2) is 18.5 Å². The van der Waals surface area contributed by atoms with Gasteiger partial charge in [0.05, 0.1) is 12.4 Å². The number of hydrogen-bond acceptors (Lipinski definition) is 6. The van der Waals surface area contributed by atoms with Crippen LogP contribution < -0.4 is 0 Å². The van der Waals surface area contributed by atoms with E-state index >= 15 is 0 Å². The summed E-state index contributed by atoms with van der Waals surface area (Å²) in [6.45, 7) is -0.287. The largest absolute Gasteiger partial charge is 0.480 e. The molecule has 0 fully saturated rings. The number of tetrazole rings is 1. The van der Waals surface area contributed by atoms with Crippen molar-refractivity contribution >= 4 is 5.97 Å². The van der Waals surface area contributed by atoms with E-state index in [2.05, 4.69) is 25.7 Å². The van der Waals surface area contributed by atoms with Crippen LogP contribution in [0.5, 0.6) is 0 Å². The second kappa shape index (κ2) is 3.78. The summed E-state index contributed by atoms with van der Waals surface area (Å²) in [6.07, 6.45) is 2.94. The van der Waals surface area contributed by atoms with E-state index in [0.29, 0.717) is 11.4 Å². The molecule has 0 aliphatic carbocycles. The summed E-state index contributed by atoms with van der Waals surface area (Å²) in [5.41, 5.74) is 0.622. The molecule has 0 atom stereocenters. The molecule has 0 bridgehead atoms. The Kier molecular flexibility index (Phi) is 2.31. The standard InChI is InChI=1S/C7H6N6O2/c14-6(15)4-13-7(10-11-12-13)5-1-2-8-9-3-5/h1-3H,4H2,(H,14,15). The average Bonchev–Trinajstić information content (AvgIpc) is 2.66. The highest BCUT2D eigenvalue weighted by Gasteiger charge is 2.11. The Labute approximate surface area is 83.6 Å². The van der Waals surface area contributed by atoms with Crippen LogP contribution in [0, 0.1) is 0 Å². The molecular formula is C7H6N6O2. The highest BCUT2D eigenvalue weighted by molar-refractivity contribution is 5.67. The van der Waals surface area contributed by atoms with E-state index in [1.165, 1.54) is 17.1 Å². The van der Waals surface area contributed by atoms with E-state index < -0.39 is 5.97 Å². The van der Waals surface area contributed by atoms with Crippen molar-refractivity contribution in [1.29, 1.82) is 0 Å². The number of carbonyl (C=O) groups is 1. The van der Waals surface area contributed by atoms with Gasteiger partial charge < -0.3 is 5.11 Å². The molecule has 2 heterocycles. The van der Waals surface area contributed by atoms with Crippen molar-refractivity contribution in [1.82, 2.24) is 30.4 Å². The first kappa shape index (κ1) is 9.19. The zero-order chi connectivity index (χ0) is 10.7. The Morgan fingerprint density at radius 2 is 2.33 bits per heavy atom. The van der Waals surface area contributed by atoms with Crippen LogP contribution in [-0.4, -0.2) is 41.5 Å². The minimum Gasteiger partial charge on any atom is -0.480 e. The molecule has 0 saturated carbocycles. The van der Waals surface area contributed by atoms with Crippen LogP contribution in [0.1, 0.15) is 0 Å². The molecule has 8 heteroatoms. The van der Waals surface area contributed by atoms with Gasteiger partial charge in [-0.05, 0) is 16.5 Å². The van der Waals surface area contributed by atoms with Crippen molar-refractivity contribution in [2.45, 2.75) is 6.54 Å². The van der Waals surface area contributed by atoms with Gasteiger partial charge in [-0.25, -0.2) is 4.68 Å². The SMILES string of the molecule is O=C(O)Cn1nnnc1-c1ccnnc1. The lowest BCUT2D eigenvalue weighted by Gasteiger charge is -1.99. The molecule has 2 aromatic rings. The second-order valence-electron chi connectivity index (χ2n) is 2.68. The maximum atomic E-state index is 10.5. The number of carboxylic acids is 1. The van der Waals surface area contributed by atoms with Crippen LogP contribution in [0.25, 0.3) is 11.4 Å². The first-order valence-corrected chi connectivity index (χ1v) is 4.02. The van der Waals surface area contributed by atoms with Crippen molar-refractivity contribution in [3.63, 3.8) is 0 Å². The molecule has 0 aliphatic rings. The van der Waals surface area contributed by atoms with Crippen LogP contribution in [0.2, 0.25) is 0 Å². The highest BCUT2D eigenvalue weighted by Crippen LogP contribution is 2.12. The van der Waals surface area contributed by atoms with E-state index in [1.807, 2.05) is 0 Å². The zero-order valence-electron chi connectivity index (χ0n) is 7.48. The Morgan fingerprint density at radius 1 is 1.47 bits per heavy atom. The maximum absolute atomic E-state index is 10.5. The van der Waals surface area contributed by atoms with Gasteiger partial charge in [0, 0.05) is 5.56 Å². The molecule has 0 unspecified atom stereocenters. The van der Waals surface area contributed by atoms with Gasteiger partial charge in [-0.2, -0.15) is 10.2 Å².